The second-order valence-electron chi connectivity index (χ2n) is 5.15. The summed E-state index contributed by atoms with van der Waals surface area (Å²) in [6.07, 6.45) is 3.57. The third-order valence-corrected chi connectivity index (χ3v) is 3.85. The summed E-state index contributed by atoms with van der Waals surface area (Å²) in [6.45, 7) is 5.31. The van der Waals surface area contributed by atoms with Crippen molar-refractivity contribution in [3.63, 3.8) is 0 Å². The Hall–Kier alpha value is -2.67. The fraction of sp³-hybridized carbons (Fsp3) is 0.235. The van der Waals surface area contributed by atoms with E-state index in [9.17, 15) is 4.79 Å². The fourth-order valence-corrected chi connectivity index (χ4v) is 2.70. The molecule has 0 aliphatic carbocycles. The zero-order valence-electron chi connectivity index (χ0n) is 13.5. The van der Waals surface area contributed by atoms with Crippen molar-refractivity contribution in [2.75, 3.05) is 11.5 Å². The highest BCUT2D eigenvalue weighted by atomic mass is 32.1. The number of aryl methyl sites for hydroxylation is 1. The van der Waals surface area contributed by atoms with Gasteiger partial charge in [-0.05, 0) is 62.5 Å². The number of amides is 1. The molecule has 0 unspecified atom stereocenters. The third-order valence-electron chi connectivity index (χ3n) is 3.56. The van der Waals surface area contributed by atoms with Gasteiger partial charge in [0.15, 0.2) is 5.11 Å². The van der Waals surface area contributed by atoms with Gasteiger partial charge in [0.05, 0.1) is 18.0 Å². The minimum absolute atomic E-state index is 0.199. The molecule has 1 aromatic heterocycles. The topological polar surface area (TPSA) is 59.4 Å². The second-order valence-corrected chi connectivity index (χ2v) is 5.54. The zero-order chi connectivity index (χ0) is 17.1. The fourth-order valence-electron chi connectivity index (χ4n) is 2.41. The largest absolute Gasteiger partial charge is 0.494 e. The first-order valence-electron chi connectivity index (χ1n) is 7.75. The number of aromatic nitrogens is 2. The quantitative estimate of drug-likeness (QED) is 0.668. The lowest BCUT2D eigenvalue weighted by molar-refractivity contribution is -0.113. The van der Waals surface area contributed by atoms with Crippen LogP contribution in [0.3, 0.4) is 0 Å². The number of anilines is 1. The molecule has 2 heterocycles. The summed E-state index contributed by atoms with van der Waals surface area (Å²) in [7, 11) is 0. The van der Waals surface area contributed by atoms with Crippen LogP contribution in [0.2, 0.25) is 0 Å². The number of hydrogen-bond acceptors (Lipinski definition) is 4. The number of benzene rings is 1. The number of thiocarbonyl (C=S) groups is 1. The second kappa shape index (κ2) is 6.84. The van der Waals surface area contributed by atoms with Crippen LogP contribution in [0.5, 0.6) is 5.75 Å². The highest BCUT2D eigenvalue weighted by molar-refractivity contribution is 7.80. The first kappa shape index (κ1) is 16.2. The molecular formula is C17H18N4O2S. The minimum Gasteiger partial charge on any atom is -0.494 e. The summed E-state index contributed by atoms with van der Waals surface area (Å²) in [4.78, 5) is 14.1. The van der Waals surface area contributed by atoms with Crippen LogP contribution in [0.1, 0.15) is 19.5 Å². The van der Waals surface area contributed by atoms with Crippen LogP contribution < -0.4 is 15.0 Å². The molecule has 0 bridgehead atoms. The maximum absolute atomic E-state index is 12.6. The Balaban J connectivity index is 1.83. The molecule has 7 heteroatoms. The Labute approximate surface area is 145 Å². The number of nitrogens with zero attached hydrogens (tertiary/aromatic N) is 3. The van der Waals surface area contributed by atoms with Crippen LogP contribution >= 0.6 is 12.2 Å². The van der Waals surface area contributed by atoms with E-state index in [4.69, 9.17) is 17.0 Å². The van der Waals surface area contributed by atoms with Crippen LogP contribution in [0, 0.1) is 0 Å². The van der Waals surface area contributed by atoms with E-state index in [-0.39, 0.29) is 5.91 Å². The van der Waals surface area contributed by atoms with Crippen LogP contribution in [0.15, 0.2) is 42.2 Å². The summed E-state index contributed by atoms with van der Waals surface area (Å²) < 4.78 is 7.22. The van der Waals surface area contributed by atoms with Crippen molar-refractivity contribution in [1.29, 1.82) is 0 Å². The summed E-state index contributed by atoms with van der Waals surface area (Å²) >= 11 is 5.30. The Morgan fingerprint density at radius 1 is 1.25 bits per heavy atom. The summed E-state index contributed by atoms with van der Waals surface area (Å²) in [6, 6.07) is 9.12. The van der Waals surface area contributed by atoms with Crippen LogP contribution in [-0.2, 0) is 11.3 Å². The molecule has 24 heavy (non-hydrogen) atoms. The maximum Gasteiger partial charge on any atom is 0.281 e. The van der Waals surface area contributed by atoms with E-state index in [1.807, 2.05) is 50.4 Å². The van der Waals surface area contributed by atoms with Crippen LogP contribution in [-0.4, -0.2) is 27.4 Å². The molecule has 1 saturated heterocycles. The van der Waals surface area contributed by atoms with Gasteiger partial charge in [0.2, 0.25) is 0 Å². The first-order chi connectivity index (χ1) is 11.6. The van der Waals surface area contributed by atoms with Crippen molar-refractivity contribution in [3.05, 3.63) is 47.9 Å². The van der Waals surface area contributed by atoms with Gasteiger partial charge in [0, 0.05) is 12.7 Å². The summed E-state index contributed by atoms with van der Waals surface area (Å²) in [5, 5.41) is 7.66. The lowest BCUT2D eigenvalue weighted by Gasteiger charge is -2.14. The molecule has 0 atom stereocenters. The molecular weight excluding hydrogens is 324 g/mol. The van der Waals surface area contributed by atoms with Crippen molar-refractivity contribution in [3.8, 4) is 5.75 Å². The number of nitrogens with one attached hydrogen (secondary N) is 1. The van der Waals surface area contributed by atoms with Crippen molar-refractivity contribution in [2.45, 2.75) is 20.4 Å². The number of hydrogen-bond donors (Lipinski definition) is 1. The van der Waals surface area contributed by atoms with E-state index in [1.54, 1.807) is 10.8 Å². The molecule has 1 fully saturated rings. The van der Waals surface area contributed by atoms with Crippen LogP contribution in [0.4, 0.5) is 5.69 Å². The molecule has 6 nitrogen and oxygen atoms in total. The standard InChI is InChI=1S/C17H18N4O2S/c1-3-20-10-9-12(19-20)11-15-16(22)21(17(24)18-15)13-5-7-14(8-6-13)23-4-2/h5-11H,3-4H2,1-2H3,(H,18,24)/b15-11+. The van der Waals surface area contributed by atoms with Gasteiger partial charge in [-0.1, -0.05) is 0 Å². The lowest BCUT2D eigenvalue weighted by atomic mass is 10.2. The van der Waals surface area contributed by atoms with Gasteiger partial charge >= 0.3 is 0 Å². The molecule has 1 N–H and O–H groups in total. The molecule has 1 aliphatic rings. The smallest absolute Gasteiger partial charge is 0.281 e. The minimum atomic E-state index is -0.199. The Bertz CT molecular complexity index is 795. The third kappa shape index (κ3) is 3.16. The van der Waals surface area contributed by atoms with Crippen molar-refractivity contribution < 1.29 is 9.53 Å². The normalized spacial score (nSPS) is 15.9. The molecule has 1 amide bonds. The summed E-state index contributed by atoms with van der Waals surface area (Å²) in [5.74, 6) is 0.558. The Morgan fingerprint density at radius 3 is 2.62 bits per heavy atom. The SMILES string of the molecule is CCOc1ccc(N2C(=O)/C(=C\c3ccn(CC)n3)NC2=S)cc1. The average Bonchev–Trinajstić information content (AvgIpc) is 3.14. The Kier molecular flexibility index (Phi) is 4.61. The maximum atomic E-state index is 12.6. The van der Waals surface area contributed by atoms with Gasteiger partial charge in [-0.2, -0.15) is 5.10 Å². The molecule has 0 radical (unpaired) electrons. The summed E-state index contributed by atoms with van der Waals surface area (Å²) in [5.41, 5.74) is 1.82. The predicted octanol–water partition coefficient (Wildman–Crippen LogP) is 2.56. The highest BCUT2D eigenvalue weighted by Gasteiger charge is 2.32. The van der Waals surface area contributed by atoms with E-state index in [0.717, 1.165) is 12.3 Å². The van der Waals surface area contributed by atoms with E-state index < -0.39 is 0 Å². The zero-order valence-corrected chi connectivity index (χ0v) is 14.3. The van der Waals surface area contributed by atoms with Gasteiger partial charge in [-0.3, -0.25) is 14.4 Å². The van der Waals surface area contributed by atoms with Crippen molar-refractivity contribution in [1.82, 2.24) is 15.1 Å². The van der Waals surface area contributed by atoms with Gasteiger partial charge in [-0.15, -0.1) is 0 Å². The van der Waals surface area contributed by atoms with E-state index in [1.165, 1.54) is 4.90 Å². The van der Waals surface area contributed by atoms with E-state index in [2.05, 4.69) is 10.4 Å². The highest BCUT2D eigenvalue weighted by Crippen LogP contribution is 2.24. The van der Waals surface area contributed by atoms with Crippen molar-refractivity contribution >= 4 is 35.0 Å². The molecule has 1 aromatic carbocycles. The van der Waals surface area contributed by atoms with E-state index in [0.29, 0.717) is 28.8 Å². The molecule has 3 rings (SSSR count). The van der Waals surface area contributed by atoms with Crippen molar-refractivity contribution in [2.24, 2.45) is 0 Å². The monoisotopic (exact) mass is 342 g/mol. The van der Waals surface area contributed by atoms with E-state index >= 15 is 0 Å². The number of carbonyl (C=O) groups is 1. The Morgan fingerprint density at radius 2 is 2.00 bits per heavy atom. The lowest BCUT2D eigenvalue weighted by Crippen LogP contribution is -2.30. The van der Waals surface area contributed by atoms with Gasteiger partial charge < -0.3 is 10.1 Å². The number of rotatable bonds is 5. The molecule has 124 valence electrons. The first-order valence-corrected chi connectivity index (χ1v) is 8.16. The van der Waals surface area contributed by atoms with Crippen LogP contribution in [0.25, 0.3) is 6.08 Å². The average molecular weight is 342 g/mol. The van der Waals surface area contributed by atoms with Gasteiger partial charge in [-0.25, -0.2) is 0 Å². The molecule has 0 spiro atoms. The number of ether oxygens (including phenoxy) is 1. The predicted molar refractivity (Wildman–Crippen MR) is 96.7 cm³/mol. The van der Waals surface area contributed by atoms with Gasteiger partial charge in [0.1, 0.15) is 11.4 Å². The number of carbonyl (C=O) groups excluding carboxylic acids is 1. The molecule has 1 aliphatic heterocycles. The molecule has 2 aromatic rings. The molecule has 0 saturated carbocycles. The van der Waals surface area contributed by atoms with Gasteiger partial charge in [0.25, 0.3) is 5.91 Å².